The molecule has 1 heterocycles. The molecule has 0 radical (unpaired) electrons. The number of hydrogen-bond acceptors (Lipinski definition) is 5. The summed E-state index contributed by atoms with van der Waals surface area (Å²) < 4.78 is 4.88. The molecule has 1 saturated heterocycles. The molecule has 1 aliphatic carbocycles. The first-order valence-corrected chi connectivity index (χ1v) is 11.2. The Morgan fingerprint density at radius 3 is 2.78 bits per heavy atom. The second kappa shape index (κ2) is 9.97. The Kier molecular flexibility index (Phi) is 6.87. The fourth-order valence-corrected chi connectivity index (χ4v) is 4.93. The molecule has 1 atom stereocenters. The Bertz CT molecular complexity index is 1040. The molecule has 0 spiro atoms. The summed E-state index contributed by atoms with van der Waals surface area (Å²) in [6.45, 7) is 6.87. The Labute approximate surface area is 189 Å². The van der Waals surface area contributed by atoms with Gasteiger partial charge in [0.15, 0.2) is 0 Å². The van der Waals surface area contributed by atoms with Gasteiger partial charge in [-0.3, -0.25) is 14.5 Å². The van der Waals surface area contributed by atoms with E-state index in [2.05, 4.69) is 17.0 Å². The van der Waals surface area contributed by atoms with E-state index < -0.39 is 0 Å². The van der Waals surface area contributed by atoms with Crippen molar-refractivity contribution in [2.75, 3.05) is 32.7 Å². The molecule has 0 aromatic heterocycles. The topological polar surface area (TPSA) is 73.6 Å². The van der Waals surface area contributed by atoms with Gasteiger partial charge in [0.25, 0.3) is 6.47 Å². The highest BCUT2D eigenvalue weighted by atomic mass is 16.5. The Morgan fingerprint density at radius 2 is 2.03 bits per heavy atom. The van der Waals surface area contributed by atoms with Crippen LogP contribution in [0.15, 0.2) is 36.4 Å². The maximum Gasteiger partial charge on any atom is 0.293 e. The van der Waals surface area contributed by atoms with Gasteiger partial charge in [-0.25, -0.2) is 0 Å². The Hall–Kier alpha value is -3.17. The normalized spacial score (nSPS) is 18.1. The van der Waals surface area contributed by atoms with Crippen molar-refractivity contribution < 1.29 is 14.3 Å². The molecule has 32 heavy (non-hydrogen) atoms. The molecular weight excluding hydrogens is 402 g/mol. The van der Waals surface area contributed by atoms with Crippen LogP contribution >= 0.6 is 0 Å². The first kappa shape index (κ1) is 22.0. The number of nitriles is 1. The van der Waals surface area contributed by atoms with Crippen molar-refractivity contribution in [3.63, 3.8) is 0 Å². The van der Waals surface area contributed by atoms with Gasteiger partial charge in [-0.05, 0) is 59.6 Å². The minimum atomic E-state index is 0.139. The average molecular weight is 432 g/mol. The molecule has 0 saturated carbocycles. The number of fused-ring (bicyclic) bond motifs is 1. The summed E-state index contributed by atoms with van der Waals surface area (Å²) in [5.74, 6) is 0.612. The molecule has 0 N–H and O–H groups in total. The minimum Gasteiger partial charge on any atom is -0.463 e. The first-order chi connectivity index (χ1) is 15.6. The molecule has 6 nitrogen and oxygen atoms in total. The van der Waals surface area contributed by atoms with Crippen LogP contribution in [0.5, 0.6) is 0 Å². The lowest BCUT2D eigenvalue weighted by molar-refractivity contribution is -0.132. The summed E-state index contributed by atoms with van der Waals surface area (Å²) in [5, 5.41) is 9.35. The van der Waals surface area contributed by atoms with Crippen LogP contribution in [0.4, 0.5) is 0 Å². The zero-order valence-corrected chi connectivity index (χ0v) is 18.5. The highest BCUT2D eigenvalue weighted by Crippen LogP contribution is 2.35. The van der Waals surface area contributed by atoms with Gasteiger partial charge in [0.2, 0.25) is 5.91 Å². The highest BCUT2D eigenvalue weighted by Gasteiger charge is 2.28. The van der Waals surface area contributed by atoms with Crippen molar-refractivity contribution in [3.05, 3.63) is 69.8 Å². The lowest BCUT2D eigenvalue weighted by Crippen LogP contribution is -2.49. The molecule has 0 bridgehead atoms. The van der Waals surface area contributed by atoms with Crippen molar-refractivity contribution >= 4 is 12.4 Å². The van der Waals surface area contributed by atoms with Gasteiger partial charge in [0, 0.05) is 32.7 Å². The number of rotatable bonds is 7. The third-order valence-electron chi connectivity index (χ3n) is 6.79. The van der Waals surface area contributed by atoms with Crippen molar-refractivity contribution in [1.82, 2.24) is 9.80 Å². The maximum atomic E-state index is 12.9. The van der Waals surface area contributed by atoms with E-state index >= 15 is 0 Å². The average Bonchev–Trinajstić information content (AvgIpc) is 3.22. The van der Waals surface area contributed by atoms with E-state index in [-0.39, 0.29) is 12.5 Å². The number of carbonyl (C=O) groups is 2. The number of benzene rings is 2. The quantitative estimate of drug-likeness (QED) is 0.630. The molecule has 4 rings (SSSR count). The van der Waals surface area contributed by atoms with Crippen molar-refractivity contribution in [2.45, 2.75) is 38.7 Å². The number of ether oxygens (including phenoxy) is 1. The predicted molar refractivity (Wildman–Crippen MR) is 121 cm³/mol. The van der Waals surface area contributed by atoms with Crippen LogP contribution in [-0.2, 0) is 33.8 Å². The highest BCUT2D eigenvalue weighted by molar-refractivity contribution is 5.79. The van der Waals surface area contributed by atoms with Crippen molar-refractivity contribution in [1.29, 1.82) is 5.26 Å². The smallest absolute Gasteiger partial charge is 0.293 e. The molecule has 2 aromatic carbocycles. The van der Waals surface area contributed by atoms with Crippen LogP contribution in [0, 0.1) is 18.3 Å². The summed E-state index contributed by atoms with van der Waals surface area (Å²) >= 11 is 0. The van der Waals surface area contributed by atoms with E-state index in [0.29, 0.717) is 18.8 Å². The standard InChI is InChI=1S/C26H29N3O3/c1-19-5-6-20(13-23(19)17-32-18-30)14-26(31)29-11-9-28(10-12-29)16-22-7-8-25-21(15-27)3-2-4-24(22)25/h2-6,13,18,22H,7-12,14,16-17H2,1H3. The van der Waals surface area contributed by atoms with Crippen LogP contribution < -0.4 is 0 Å². The zero-order valence-electron chi connectivity index (χ0n) is 18.5. The van der Waals surface area contributed by atoms with E-state index in [0.717, 1.165) is 67.8 Å². The Balaban J connectivity index is 1.30. The van der Waals surface area contributed by atoms with Crippen LogP contribution in [0.3, 0.4) is 0 Å². The fraction of sp³-hybridized carbons (Fsp3) is 0.423. The van der Waals surface area contributed by atoms with Crippen LogP contribution in [-0.4, -0.2) is 54.9 Å². The van der Waals surface area contributed by atoms with Crippen LogP contribution in [0.1, 0.15) is 45.7 Å². The molecule has 6 heteroatoms. The number of nitrogens with zero attached hydrogens (tertiary/aromatic N) is 3. The van der Waals surface area contributed by atoms with Gasteiger partial charge in [-0.1, -0.05) is 30.3 Å². The van der Waals surface area contributed by atoms with Crippen molar-refractivity contribution in [3.8, 4) is 6.07 Å². The van der Waals surface area contributed by atoms with E-state index in [4.69, 9.17) is 4.74 Å². The SMILES string of the molecule is Cc1ccc(CC(=O)N2CCN(CC3CCc4c(C#N)cccc43)CC2)cc1COC=O. The van der Waals surface area contributed by atoms with Crippen LogP contribution in [0.2, 0.25) is 0 Å². The zero-order chi connectivity index (χ0) is 22.5. The van der Waals surface area contributed by atoms with Crippen molar-refractivity contribution in [2.24, 2.45) is 0 Å². The minimum absolute atomic E-state index is 0.139. The van der Waals surface area contributed by atoms with Gasteiger partial charge >= 0.3 is 0 Å². The summed E-state index contributed by atoms with van der Waals surface area (Å²) in [6.07, 6.45) is 2.44. The molecule has 2 aliphatic rings. The first-order valence-electron chi connectivity index (χ1n) is 11.2. The number of hydrogen-bond donors (Lipinski definition) is 0. The van der Waals surface area contributed by atoms with E-state index in [1.54, 1.807) is 0 Å². The van der Waals surface area contributed by atoms with Gasteiger partial charge in [-0.15, -0.1) is 0 Å². The monoisotopic (exact) mass is 431 g/mol. The van der Waals surface area contributed by atoms with Gasteiger partial charge < -0.3 is 9.64 Å². The molecule has 166 valence electrons. The molecule has 2 aromatic rings. The molecule has 1 unspecified atom stereocenters. The predicted octanol–water partition coefficient (Wildman–Crippen LogP) is 2.96. The third kappa shape index (κ3) is 4.84. The number of amides is 1. The van der Waals surface area contributed by atoms with E-state index in [1.165, 1.54) is 11.1 Å². The number of aryl methyl sites for hydroxylation is 1. The molecular formula is C26H29N3O3. The van der Waals surface area contributed by atoms with Gasteiger partial charge in [0.05, 0.1) is 18.1 Å². The number of piperazine rings is 1. The summed E-state index contributed by atoms with van der Waals surface area (Å²) in [4.78, 5) is 27.7. The van der Waals surface area contributed by atoms with E-state index in [1.807, 2.05) is 42.2 Å². The molecule has 1 amide bonds. The van der Waals surface area contributed by atoms with Gasteiger partial charge in [0.1, 0.15) is 6.61 Å². The lowest BCUT2D eigenvalue weighted by atomic mass is 9.98. The maximum absolute atomic E-state index is 12.9. The Morgan fingerprint density at radius 1 is 1.22 bits per heavy atom. The van der Waals surface area contributed by atoms with E-state index in [9.17, 15) is 14.9 Å². The second-order valence-corrected chi connectivity index (χ2v) is 8.75. The fourth-order valence-electron chi connectivity index (χ4n) is 4.93. The second-order valence-electron chi connectivity index (χ2n) is 8.75. The summed E-state index contributed by atoms with van der Waals surface area (Å²) in [5.41, 5.74) is 6.30. The largest absolute Gasteiger partial charge is 0.463 e. The molecule has 1 aliphatic heterocycles. The number of carbonyl (C=O) groups excluding carboxylic acids is 2. The summed E-state index contributed by atoms with van der Waals surface area (Å²) in [6, 6.07) is 14.3. The lowest BCUT2D eigenvalue weighted by Gasteiger charge is -2.36. The van der Waals surface area contributed by atoms with Gasteiger partial charge in [-0.2, -0.15) is 5.26 Å². The van der Waals surface area contributed by atoms with Crippen LogP contribution in [0.25, 0.3) is 0 Å². The molecule has 1 fully saturated rings. The summed E-state index contributed by atoms with van der Waals surface area (Å²) in [7, 11) is 0. The third-order valence-corrected chi connectivity index (χ3v) is 6.79.